The minimum atomic E-state index is -0.739. The second-order valence-corrected chi connectivity index (χ2v) is 8.62. The van der Waals surface area contributed by atoms with E-state index in [1.165, 1.54) is 11.6 Å². The van der Waals surface area contributed by atoms with Crippen LogP contribution in [0.15, 0.2) is 42.5 Å². The zero-order valence-corrected chi connectivity index (χ0v) is 18.0. The molecule has 33 heavy (non-hydrogen) atoms. The van der Waals surface area contributed by atoms with E-state index in [1.54, 1.807) is 4.90 Å². The fourth-order valence-corrected chi connectivity index (χ4v) is 4.77. The molecule has 0 spiro atoms. The van der Waals surface area contributed by atoms with Gasteiger partial charge in [-0.15, -0.1) is 0 Å². The van der Waals surface area contributed by atoms with Crippen LogP contribution in [0.5, 0.6) is 0 Å². The fraction of sp³-hybridized carbons (Fsp3) is 0.320. The first-order valence-corrected chi connectivity index (χ1v) is 11.2. The summed E-state index contributed by atoms with van der Waals surface area (Å²) in [6.45, 7) is 0.658. The van der Waals surface area contributed by atoms with Gasteiger partial charge in [-0.1, -0.05) is 30.3 Å². The highest BCUT2D eigenvalue weighted by molar-refractivity contribution is 5.94. The van der Waals surface area contributed by atoms with Gasteiger partial charge in [0.2, 0.25) is 5.91 Å². The zero-order valence-electron chi connectivity index (χ0n) is 18.0. The van der Waals surface area contributed by atoms with E-state index in [-0.39, 0.29) is 36.4 Å². The van der Waals surface area contributed by atoms with E-state index in [2.05, 4.69) is 27.6 Å². The summed E-state index contributed by atoms with van der Waals surface area (Å²) in [6.07, 6.45) is 3.23. The summed E-state index contributed by atoms with van der Waals surface area (Å²) in [5, 5.41) is 10.3. The van der Waals surface area contributed by atoms with Gasteiger partial charge < -0.3 is 10.2 Å². The van der Waals surface area contributed by atoms with Crippen molar-refractivity contribution in [3.8, 4) is 0 Å². The Kier molecular flexibility index (Phi) is 5.66. The second-order valence-electron chi connectivity index (χ2n) is 8.62. The summed E-state index contributed by atoms with van der Waals surface area (Å²) < 4.78 is 27.1. The van der Waals surface area contributed by atoms with E-state index in [9.17, 15) is 18.4 Å². The van der Waals surface area contributed by atoms with E-state index < -0.39 is 11.6 Å². The average Bonchev–Trinajstić information content (AvgIpc) is 3.24. The quantitative estimate of drug-likeness (QED) is 0.637. The lowest BCUT2D eigenvalue weighted by Crippen LogP contribution is -2.38. The Balaban J connectivity index is 1.30. The maximum Gasteiger partial charge on any atom is 0.272 e. The maximum atomic E-state index is 14.0. The van der Waals surface area contributed by atoms with Gasteiger partial charge in [0, 0.05) is 36.8 Å². The van der Waals surface area contributed by atoms with E-state index >= 15 is 0 Å². The number of hydrogen-bond acceptors (Lipinski definition) is 3. The summed E-state index contributed by atoms with van der Waals surface area (Å²) in [5.41, 5.74) is 4.35. The number of fused-ring (bicyclic) bond motifs is 2. The van der Waals surface area contributed by atoms with Crippen LogP contribution in [-0.4, -0.2) is 33.5 Å². The molecule has 3 aromatic rings. The van der Waals surface area contributed by atoms with Gasteiger partial charge in [-0.3, -0.25) is 14.7 Å². The van der Waals surface area contributed by atoms with Gasteiger partial charge in [0.1, 0.15) is 11.6 Å². The number of benzene rings is 2. The lowest BCUT2D eigenvalue weighted by Gasteiger charge is -2.28. The number of aromatic nitrogens is 2. The van der Waals surface area contributed by atoms with Gasteiger partial charge in [0.15, 0.2) is 5.69 Å². The Labute approximate surface area is 190 Å². The highest BCUT2D eigenvalue weighted by Gasteiger charge is 2.30. The fourth-order valence-electron chi connectivity index (χ4n) is 4.77. The number of carbonyl (C=O) groups excluding carboxylic acids is 2. The first-order chi connectivity index (χ1) is 16.0. The molecular formula is C25H24F2N4O2. The van der Waals surface area contributed by atoms with Gasteiger partial charge >= 0.3 is 0 Å². The Morgan fingerprint density at radius 2 is 2.00 bits per heavy atom. The number of rotatable bonds is 4. The molecular weight excluding hydrogens is 426 g/mol. The molecule has 5 rings (SSSR count). The molecule has 1 aliphatic carbocycles. The van der Waals surface area contributed by atoms with Crippen LogP contribution in [0.25, 0.3) is 0 Å². The molecule has 0 saturated carbocycles. The summed E-state index contributed by atoms with van der Waals surface area (Å²) >= 11 is 0. The Morgan fingerprint density at radius 1 is 1.15 bits per heavy atom. The Hall–Kier alpha value is -3.55. The first kappa shape index (κ1) is 21.3. The van der Waals surface area contributed by atoms with Gasteiger partial charge in [-0.05, 0) is 42.0 Å². The van der Waals surface area contributed by atoms with Gasteiger partial charge in [-0.25, -0.2) is 8.78 Å². The van der Waals surface area contributed by atoms with Gasteiger partial charge in [-0.2, -0.15) is 5.10 Å². The molecule has 0 unspecified atom stereocenters. The van der Waals surface area contributed by atoms with E-state index in [0.717, 1.165) is 42.7 Å². The molecule has 1 aliphatic heterocycles. The molecule has 2 N–H and O–H groups in total. The number of halogens is 2. The molecule has 170 valence electrons. The van der Waals surface area contributed by atoms with Crippen LogP contribution < -0.4 is 5.32 Å². The van der Waals surface area contributed by atoms with Crippen molar-refractivity contribution in [1.29, 1.82) is 0 Å². The van der Waals surface area contributed by atoms with Crippen molar-refractivity contribution >= 4 is 11.8 Å². The third kappa shape index (κ3) is 4.25. The van der Waals surface area contributed by atoms with Crippen LogP contribution in [0.2, 0.25) is 0 Å². The minimum Gasteiger partial charge on any atom is -0.344 e. The molecule has 0 radical (unpaired) electrons. The predicted octanol–water partition coefficient (Wildman–Crippen LogP) is 3.62. The van der Waals surface area contributed by atoms with Crippen LogP contribution in [0.4, 0.5) is 8.78 Å². The van der Waals surface area contributed by atoms with Crippen molar-refractivity contribution in [2.24, 2.45) is 0 Å². The second kappa shape index (κ2) is 8.77. The van der Waals surface area contributed by atoms with Crippen LogP contribution >= 0.6 is 0 Å². The molecule has 2 heterocycles. The molecule has 6 nitrogen and oxygen atoms in total. The molecule has 0 bridgehead atoms. The largest absolute Gasteiger partial charge is 0.344 e. The van der Waals surface area contributed by atoms with Gasteiger partial charge in [0.25, 0.3) is 5.91 Å². The molecule has 8 heteroatoms. The SMILES string of the molecule is O=C(N[C@H]1CCCc2ccccc21)c1n[nH]c2c1CN(C(=O)Cc1ccc(F)cc1F)CC2. The van der Waals surface area contributed by atoms with Crippen LogP contribution in [0.1, 0.15) is 57.3 Å². The molecule has 2 aliphatic rings. The smallest absolute Gasteiger partial charge is 0.272 e. The Morgan fingerprint density at radius 3 is 2.85 bits per heavy atom. The zero-order chi connectivity index (χ0) is 22.9. The molecule has 1 atom stereocenters. The number of aryl methyl sites for hydroxylation is 1. The standard InChI is InChI=1S/C25H24F2N4O2/c26-17-9-8-16(20(27)13-17)12-23(32)31-11-10-22-19(14-31)24(30-29-22)25(33)28-21-7-3-5-15-4-1-2-6-18(15)21/h1-2,4,6,8-9,13,21H,3,5,7,10-12,14H2,(H,28,33)(H,29,30)/t21-/m0/s1. The van der Waals surface area contributed by atoms with E-state index in [0.29, 0.717) is 24.2 Å². The topological polar surface area (TPSA) is 78.1 Å². The summed E-state index contributed by atoms with van der Waals surface area (Å²) in [4.78, 5) is 27.5. The number of H-pyrrole nitrogens is 1. The van der Waals surface area contributed by atoms with Crippen LogP contribution in [-0.2, 0) is 30.6 Å². The van der Waals surface area contributed by atoms with Crippen molar-refractivity contribution in [2.45, 2.75) is 44.7 Å². The van der Waals surface area contributed by atoms with Crippen molar-refractivity contribution in [3.63, 3.8) is 0 Å². The average molecular weight is 450 g/mol. The van der Waals surface area contributed by atoms with Crippen molar-refractivity contribution in [2.75, 3.05) is 6.54 Å². The molecule has 2 amide bonds. The lowest BCUT2D eigenvalue weighted by molar-refractivity contribution is -0.131. The van der Waals surface area contributed by atoms with E-state index in [4.69, 9.17) is 0 Å². The highest BCUT2D eigenvalue weighted by atomic mass is 19.1. The van der Waals surface area contributed by atoms with Crippen LogP contribution in [0, 0.1) is 11.6 Å². The van der Waals surface area contributed by atoms with Crippen molar-refractivity contribution in [3.05, 3.63) is 87.7 Å². The molecule has 0 fully saturated rings. The number of nitrogens with zero attached hydrogens (tertiary/aromatic N) is 2. The highest BCUT2D eigenvalue weighted by Crippen LogP contribution is 2.30. The number of amides is 2. The van der Waals surface area contributed by atoms with Crippen LogP contribution in [0.3, 0.4) is 0 Å². The minimum absolute atomic E-state index is 0.0717. The van der Waals surface area contributed by atoms with E-state index in [1.807, 2.05) is 12.1 Å². The molecule has 2 aromatic carbocycles. The monoisotopic (exact) mass is 450 g/mol. The summed E-state index contributed by atoms with van der Waals surface area (Å²) in [6, 6.07) is 11.3. The first-order valence-electron chi connectivity index (χ1n) is 11.2. The van der Waals surface area contributed by atoms with Crippen molar-refractivity contribution < 1.29 is 18.4 Å². The van der Waals surface area contributed by atoms with Gasteiger partial charge in [0.05, 0.1) is 12.5 Å². The molecule has 0 saturated heterocycles. The third-order valence-corrected chi connectivity index (χ3v) is 6.53. The number of nitrogens with one attached hydrogen (secondary N) is 2. The molecule has 1 aromatic heterocycles. The number of carbonyl (C=O) groups is 2. The third-order valence-electron chi connectivity index (χ3n) is 6.53. The Bertz CT molecular complexity index is 1220. The predicted molar refractivity (Wildman–Crippen MR) is 117 cm³/mol. The lowest BCUT2D eigenvalue weighted by atomic mass is 9.87. The number of hydrogen-bond donors (Lipinski definition) is 2. The number of aromatic amines is 1. The normalized spacial score (nSPS) is 17.3. The summed E-state index contributed by atoms with van der Waals surface area (Å²) in [7, 11) is 0. The summed E-state index contributed by atoms with van der Waals surface area (Å²) in [5.74, 6) is -1.97. The maximum absolute atomic E-state index is 14.0. The van der Waals surface area contributed by atoms with Crippen molar-refractivity contribution in [1.82, 2.24) is 20.4 Å².